The maximum Gasteiger partial charge on any atom is 0.257 e. The predicted octanol–water partition coefficient (Wildman–Crippen LogP) is 2.30. The van der Waals surface area contributed by atoms with Crippen LogP contribution >= 0.6 is 0 Å². The van der Waals surface area contributed by atoms with Crippen molar-refractivity contribution in [2.24, 2.45) is 11.1 Å². The Kier molecular flexibility index (Phi) is 5.15. The predicted molar refractivity (Wildman–Crippen MR) is 94.0 cm³/mol. The van der Waals surface area contributed by atoms with Crippen molar-refractivity contribution < 1.29 is 14.1 Å². The van der Waals surface area contributed by atoms with Gasteiger partial charge in [0.05, 0.1) is 5.41 Å². The van der Waals surface area contributed by atoms with Crippen LogP contribution in [-0.2, 0) is 16.0 Å². The summed E-state index contributed by atoms with van der Waals surface area (Å²) in [5.74, 6) is 1.05. The third-order valence-electron chi connectivity index (χ3n) is 4.84. The van der Waals surface area contributed by atoms with Gasteiger partial charge >= 0.3 is 0 Å². The second-order valence-corrected chi connectivity index (χ2v) is 6.45. The molecule has 134 valence electrons. The number of anilines is 1. The maximum atomic E-state index is 12.9. The number of benzene rings is 1. The van der Waals surface area contributed by atoms with Crippen LogP contribution in [0.25, 0.3) is 11.5 Å². The molecule has 1 aliphatic rings. The molecule has 3 N–H and O–H groups in total. The normalized spacial score (nSPS) is 16.6. The van der Waals surface area contributed by atoms with E-state index in [-0.39, 0.29) is 5.91 Å². The second kappa shape index (κ2) is 7.33. The number of carbonyl (C=O) groups is 1. The lowest BCUT2D eigenvalue weighted by molar-refractivity contribution is -0.130. The minimum absolute atomic E-state index is 0.0571. The van der Waals surface area contributed by atoms with Crippen molar-refractivity contribution in [3.63, 3.8) is 0 Å². The Labute approximate surface area is 146 Å². The SMILES string of the molecule is CCc1noc(-c2ccc(C)c(NC(=O)C3(CN)CCOCC3)c2)n1. The quantitative estimate of drug-likeness (QED) is 0.862. The maximum absolute atomic E-state index is 12.9. The van der Waals surface area contributed by atoms with Gasteiger partial charge in [-0.1, -0.05) is 18.1 Å². The summed E-state index contributed by atoms with van der Waals surface area (Å²) in [6.07, 6.45) is 1.98. The molecule has 2 heterocycles. The van der Waals surface area contributed by atoms with E-state index < -0.39 is 5.41 Å². The number of nitrogens with two attached hydrogens (primary N) is 1. The first-order chi connectivity index (χ1) is 12.1. The Morgan fingerprint density at radius 3 is 2.76 bits per heavy atom. The zero-order valence-electron chi connectivity index (χ0n) is 14.7. The molecule has 1 saturated heterocycles. The van der Waals surface area contributed by atoms with E-state index in [1.165, 1.54) is 0 Å². The van der Waals surface area contributed by atoms with E-state index in [1.54, 1.807) is 0 Å². The number of aromatic nitrogens is 2. The monoisotopic (exact) mass is 344 g/mol. The molecule has 1 aromatic heterocycles. The molecule has 0 saturated carbocycles. The zero-order valence-corrected chi connectivity index (χ0v) is 14.7. The first-order valence-electron chi connectivity index (χ1n) is 8.61. The number of nitrogens with zero attached hydrogens (tertiary/aromatic N) is 2. The molecule has 7 nitrogen and oxygen atoms in total. The first-order valence-corrected chi connectivity index (χ1v) is 8.61. The minimum Gasteiger partial charge on any atom is -0.381 e. The van der Waals surface area contributed by atoms with Crippen LogP contribution < -0.4 is 11.1 Å². The lowest BCUT2D eigenvalue weighted by Gasteiger charge is -2.34. The highest BCUT2D eigenvalue weighted by Crippen LogP contribution is 2.32. The molecular formula is C18H24N4O3. The third-order valence-corrected chi connectivity index (χ3v) is 4.84. The summed E-state index contributed by atoms with van der Waals surface area (Å²) < 4.78 is 10.7. The molecule has 1 aromatic carbocycles. The van der Waals surface area contributed by atoms with E-state index in [2.05, 4.69) is 15.5 Å². The molecule has 7 heteroatoms. The van der Waals surface area contributed by atoms with Gasteiger partial charge in [-0.2, -0.15) is 4.98 Å². The van der Waals surface area contributed by atoms with Crippen molar-refractivity contribution >= 4 is 11.6 Å². The average Bonchev–Trinajstić information content (AvgIpc) is 3.13. The fourth-order valence-corrected chi connectivity index (χ4v) is 2.95. The number of carbonyl (C=O) groups excluding carboxylic acids is 1. The fourth-order valence-electron chi connectivity index (χ4n) is 2.95. The van der Waals surface area contributed by atoms with E-state index in [9.17, 15) is 4.79 Å². The van der Waals surface area contributed by atoms with Crippen molar-refractivity contribution in [3.05, 3.63) is 29.6 Å². The topological polar surface area (TPSA) is 103 Å². The number of rotatable bonds is 5. The number of ether oxygens (including phenoxy) is 1. The van der Waals surface area contributed by atoms with Gasteiger partial charge in [0.15, 0.2) is 5.82 Å². The van der Waals surface area contributed by atoms with Crippen molar-refractivity contribution in [1.29, 1.82) is 0 Å². The Balaban J connectivity index is 1.84. The number of amides is 1. The van der Waals surface area contributed by atoms with Crippen LogP contribution in [0, 0.1) is 12.3 Å². The van der Waals surface area contributed by atoms with Gasteiger partial charge < -0.3 is 20.3 Å². The first kappa shape index (κ1) is 17.6. The number of nitrogens with one attached hydrogen (secondary N) is 1. The standard InChI is InChI=1S/C18H24N4O3/c1-3-15-21-16(25-22-15)13-5-4-12(2)14(10-13)20-17(23)18(11-19)6-8-24-9-7-18/h4-5,10H,3,6-9,11,19H2,1-2H3,(H,20,23). The Morgan fingerprint density at radius 1 is 1.36 bits per heavy atom. The number of aryl methyl sites for hydroxylation is 2. The fraction of sp³-hybridized carbons (Fsp3) is 0.500. The Bertz CT molecular complexity index is 751. The number of hydrogen-bond acceptors (Lipinski definition) is 6. The van der Waals surface area contributed by atoms with Gasteiger partial charge in [0, 0.05) is 37.4 Å². The average molecular weight is 344 g/mol. The lowest BCUT2D eigenvalue weighted by Crippen LogP contribution is -2.46. The van der Waals surface area contributed by atoms with Gasteiger partial charge in [0.2, 0.25) is 5.91 Å². The summed E-state index contributed by atoms with van der Waals surface area (Å²) in [4.78, 5) is 17.2. The van der Waals surface area contributed by atoms with Crippen LogP contribution in [0.4, 0.5) is 5.69 Å². The molecule has 1 amide bonds. The molecule has 3 rings (SSSR count). The largest absolute Gasteiger partial charge is 0.381 e. The summed E-state index contributed by atoms with van der Waals surface area (Å²) >= 11 is 0. The van der Waals surface area contributed by atoms with Crippen LogP contribution in [-0.4, -0.2) is 35.8 Å². The molecule has 0 atom stereocenters. The molecular weight excluding hydrogens is 320 g/mol. The molecule has 0 unspecified atom stereocenters. The van der Waals surface area contributed by atoms with Crippen LogP contribution in [0.5, 0.6) is 0 Å². The number of hydrogen-bond donors (Lipinski definition) is 2. The van der Waals surface area contributed by atoms with Gasteiger partial charge in [-0.05, 0) is 37.5 Å². The molecule has 0 radical (unpaired) electrons. The molecule has 2 aromatic rings. The molecule has 25 heavy (non-hydrogen) atoms. The molecule has 0 aliphatic carbocycles. The van der Waals surface area contributed by atoms with Gasteiger partial charge in [-0.25, -0.2) is 0 Å². The van der Waals surface area contributed by atoms with Crippen LogP contribution in [0.3, 0.4) is 0 Å². The summed E-state index contributed by atoms with van der Waals surface area (Å²) in [6.45, 7) is 5.35. The highest BCUT2D eigenvalue weighted by Gasteiger charge is 2.39. The van der Waals surface area contributed by atoms with E-state index in [1.807, 2.05) is 32.0 Å². The van der Waals surface area contributed by atoms with E-state index in [4.69, 9.17) is 15.0 Å². The highest BCUT2D eigenvalue weighted by molar-refractivity contribution is 5.96. The Morgan fingerprint density at radius 2 is 2.12 bits per heavy atom. The van der Waals surface area contributed by atoms with Crippen molar-refractivity contribution in [2.45, 2.75) is 33.1 Å². The molecule has 0 spiro atoms. The smallest absolute Gasteiger partial charge is 0.257 e. The van der Waals surface area contributed by atoms with E-state index in [0.717, 1.165) is 16.8 Å². The summed E-state index contributed by atoms with van der Waals surface area (Å²) in [5.41, 5.74) is 7.83. The Hall–Kier alpha value is -2.25. The van der Waals surface area contributed by atoms with Gasteiger partial charge in [-0.3, -0.25) is 4.79 Å². The highest BCUT2D eigenvalue weighted by atomic mass is 16.5. The van der Waals surface area contributed by atoms with Crippen LogP contribution in [0.15, 0.2) is 22.7 Å². The van der Waals surface area contributed by atoms with Crippen molar-refractivity contribution in [3.8, 4) is 11.5 Å². The summed E-state index contributed by atoms with van der Waals surface area (Å²) in [5, 5.41) is 6.96. The molecule has 1 fully saturated rings. The van der Waals surface area contributed by atoms with Crippen LogP contribution in [0.2, 0.25) is 0 Å². The van der Waals surface area contributed by atoms with Crippen LogP contribution in [0.1, 0.15) is 31.2 Å². The van der Waals surface area contributed by atoms with Crippen molar-refractivity contribution in [2.75, 3.05) is 25.1 Å². The summed E-state index contributed by atoms with van der Waals surface area (Å²) in [6, 6.07) is 5.70. The second-order valence-electron chi connectivity index (χ2n) is 6.45. The molecule has 1 aliphatic heterocycles. The zero-order chi connectivity index (χ0) is 17.9. The summed E-state index contributed by atoms with van der Waals surface area (Å²) in [7, 11) is 0. The van der Waals surface area contributed by atoms with E-state index >= 15 is 0 Å². The van der Waals surface area contributed by atoms with E-state index in [0.29, 0.717) is 50.7 Å². The van der Waals surface area contributed by atoms with Gasteiger partial charge in [-0.15, -0.1) is 0 Å². The van der Waals surface area contributed by atoms with Gasteiger partial charge in [0.25, 0.3) is 5.89 Å². The minimum atomic E-state index is -0.569. The van der Waals surface area contributed by atoms with Crippen molar-refractivity contribution in [1.82, 2.24) is 10.1 Å². The van der Waals surface area contributed by atoms with Gasteiger partial charge in [0.1, 0.15) is 0 Å². The third kappa shape index (κ3) is 3.57. The lowest BCUT2D eigenvalue weighted by atomic mass is 9.79. The molecule has 0 bridgehead atoms.